The standard InChI is InChI=1S/C17H17BrN2O/c1-12(14-4-3-5-16(18)9-14)20-11-13-6-7-17(21-2)15(8-13)10-19/h3-9,12,20H,11H2,1-2H3. The molecular weight excluding hydrogens is 328 g/mol. The van der Waals surface area contributed by atoms with E-state index < -0.39 is 0 Å². The van der Waals surface area contributed by atoms with Gasteiger partial charge in [0.05, 0.1) is 12.7 Å². The van der Waals surface area contributed by atoms with Crippen LogP contribution in [0.25, 0.3) is 0 Å². The van der Waals surface area contributed by atoms with Crippen LogP contribution >= 0.6 is 15.9 Å². The Bertz CT molecular complexity index is 664. The molecule has 0 radical (unpaired) electrons. The second-order valence-corrected chi connectivity index (χ2v) is 5.72. The summed E-state index contributed by atoms with van der Waals surface area (Å²) < 4.78 is 6.23. The van der Waals surface area contributed by atoms with Crippen molar-refractivity contribution in [3.63, 3.8) is 0 Å². The van der Waals surface area contributed by atoms with Gasteiger partial charge in [0.2, 0.25) is 0 Å². The highest BCUT2D eigenvalue weighted by Gasteiger charge is 2.07. The Morgan fingerprint density at radius 1 is 1.29 bits per heavy atom. The molecule has 4 heteroatoms. The fourth-order valence-electron chi connectivity index (χ4n) is 2.12. The lowest BCUT2D eigenvalue weighted by molar-refractivity contribution is 0.413. The van der Waals surface area contributed by atoms with Crippen LogP contribution in [0.1, 0.15) is 29.7 Å². The predicted octanol–water partition coefficient (Wildman–Crippen LogP) is 4.18. The summed E-state index contributed by atoms with van der Waals surface area (Å²) in [7, 11) is 1.57. The van der Waals surface area contributed by atoms with Crippen LogP contribution in [-0.4, -0.2) is 7.11 Å². The lowest BCUT2D eigenvalue weighted by Gasteiger charge is -2.15. The van der Waals surface area contributed by atoms with Gasteiger partial charge >= 0.3 is 0 Å². The van der Waals surface area contributed by atoms with Crippen LogP contribution in [0.4, 0.5) is 0 Å². The van der Waals surface area contributed by atoms with E-state index in [0.717, 1.165) is 10.0 Å². The smallest absolute Gasteiger partial charge is 0.136 e. The van der Waals surface area contributed by atoms with Crippen molar-refractivity contribution in [1.82, 2.24) is 5.32 Å². The SMILES string of the molecule is COc1ccc(CNC(C)c2cccc(Br)c2)cc1C#N. The number of halogens is 1. The Hall–Kier alpha value is -1.83. The number of nitrogens with zero attached hydrogens (tertiary/aromatic N) is 1. The number of benzene rings is 2. The van der Waals surface area contributed by atoms with E-state index in [9.17, 15) is 0 Å². The number of nitrogens with one attached hydrogen (secondary N) is 1. The summed E-state index contributed by atoms with van der Waals surface area (Å²) in [5, 5.41) is 12.6. The maximum Gasteiger partial charge on any atom is 0.136 e. The molecule has 2 aromatic carbocycles. The van der Waals surface area contributed by atoms with Gasteiger partial charge < -0.3 is 10.1 Å². The number of ether oxygens (including phenoxy) is 1. The number of nitriles is 1. The average Bonchev–Trinajstić information content (AvgIpc) is 2.52. The first kappa shape index (κ1) is 15.6. The molecule has 2 rings (SSSR count). The molecule has 0 saturated carbocycles. The third-order valence-electron chi connectivity index (χ3n) is 3.35. The normalized spacial score (nSPS) is 11.7. The maximum atomic E-state index is 9.10. The quantitative estimate of drug-likeness (QED) is 0.884. The Morgan fingerprint density at radius 2 is 2.10 bits per heavy atom. The molecule has 0 aromatic heterocycles. The Labute approximate surface area is 133 Å². The van der Waals surface area contributed by atoms with Gasteiger partial charge in [-0.3, -0.25) is 0 Å². The average molecular weight is 345 g/mol. The van der Waals surface area contributed by atoms with E-state index in [1.54, 1.807) is 7.11 Å². The van der Waals surface area contributed by atoms with Gasteiger partial charge in [0.25, 0.3) is 0 Å². The minimum Gasteiger partial charge on any atom is -0.495 e. The molecule has 1 atom stereocenters. The van der Waals surface area contributed by atoms with Crippen molar-refractivity contribution in [2.45, 2.75) is 19.5 Å². The molecule has 1 unspecified atom stereocenters. The third-order valence-corrected chi connectivity index (χ3v) is 3.84. The van der Waals surface area contributed by atoms with Crippen molar-refractivity contribution in [2.24, 2.45) is 0 Å². The summed E-state index contributed by atoms with van der Waals surface area (Å²) in [6.45, 7) is 2.82. The molecule has 1 N–H and O–H groups in total. The van der Waals surface area contributed by atoms with Gasteiger partial charge in [-0.1, -0.05) is 34.1 Å². The topological polar surface area (TPSA) is 45.0 Å². The van der Waals surface area contributed by atoms with E-state index in [2.05, 4.69) is 46.4 Å². The monoisotopic (exact) mass is 344 g/mol. The molecule has 0 aliphatic carbocycles. The number of rotatable bonds is 5. The van der Waals surface area contributed by atoms with Crippen molar-refractivity contribution in [3.05, 3.63) is 63.6 Å². The van der Waals surface area contributed by atoms with Crippen LogP contribution in [0.2, 0.25) is 0 Å². The molecule has 0 spiro atoms. The molecular formula is C17H17BrN2O. The van der Waals surface area contributed by atoms with Crippen LogP contribution in [0.3, 0.4) is 0 Å². The first-order valence-corrected chi connectivity index (χ1v) is 7.49. The van der Waals surface area contributed by atoms with Crippen molar-refractivity contribution in [3.8, 4) is 11.8 Å². The fraction of sp³-hybridized carbons (Fsp3) is 0.235. The highest BCUT2D eigenvalue weighted by atomic mass is 79.9. The van der Waals surface area contributed by atoms with Crippen LogP contribution in [0.15, 0.2) is 46.9 Å². The van der Waals surface area contributed by atoms with E-state index in [0.29, 0.717) is 17.9 Å². The summed E-state index contributed by atoms with van der Waals surface area (Å²) in [4.78, 5) is 0. The summed E-state index contributed by atoms with van der Waals surface area (Å²) in [6.07, 6.45) is 0. The van der Waals surface area contributed by atoms with Crippen LogP contribution in [0, 0.1) is 11.3 Å². The largest absolute Gasteiger partial charge is 0.495 e. The van der Waals surface area contributed by atoms with Gasteiger partial charge in [-0.05, 0) is 42.3 Å². The summed E-state index contributed by atoms with van der Waals surface area (Å²) in [5.41, 5.74) is 2.85. The van der Waals surface area contributed by atoms with Crippen LogP contribution in [0.5, 0.6) is 5.75 Å². The van der Waals surface area contributed by atoms with Gasteiger partial charge in [0, 0.05) is 17.1 Å². The zero-order valence-electron chi connectivity index (χ0n) is 12.1. The number of methoxy groups -OCH3 is 1. The highest BCUT2D eigenvalue weighted by molar-refractivity contribution is 9.10. The molecule has 0 aliphatic heterocycles. The first-order valence-electron chi connectivity index (χ1n) is 6.70. The minimum absolute atomic E-state index is 0.232. The summed E-state index contributed by atoms with van der Waals surface area (Å²) >= 11 is 3.48. The van der Waals surface area contributed by atoms with Gasteiger partial charge in [0.1, 0.15) is 11.8 Å². The number of hydrogen-bond donors (Lipinski definition) is 1. The minimum atomic E-state index is 0.232. The molecule has 0 amide bonds. The molecule has 108 valence electrons. The Kier molecular flexibility index (Phi) is 5.38. The van der Waals surface area contributed by atoms with E-state index in [4.69, 9.17) is 10.00 Å². The van der Waals surface area contributed by atoms with E-state index in [1.807, 2.05) is 30.3 Å². The van der Waals surface area contributed by atoms with Crippen molar-refractivity contribution in [2.75, 3.05) is 7.11 Å². The third kappa shape index (κ3) is 4.07. The molecule has 0 saturated heterocycles. The van der Waals surface area contributed by atoms with E-state index in [1.165, 1.54) is 5.56 Å². The Balaban J connectivity index is 2.05. The van der Waals surface area contributed by atoms with Gasteiger partial charge in [-0.25, -0.2) is 0 Å². The second-order valence-electron chi connectivity index (χ2n) is 4.80. The van der Waals surface area contributed by atoms with Gasteiger partial charge in [-0.2, -0.15) is 5.26 Å². The highest BCUT2D eigenvalue weighted by Crippen LogP contribution is 2.21. The zero-order chi connectivity index (χ0) is 15.2. The summed E-state index contributed by atoms with van der Waals surface area (Å²) in [5.74, 6) is 0.612. The lowest BCUT2D eigenvalue weighted by Crippen LogP contribution is -2.18. The van der Waals surface area contributed by atoms with Crippen LogP contribution < -0.4 is 10.1 Å². The molecule has 0 fully saturated rings. The molecule has 0 aliphatic rings. The van der Waals surface area contributed by atoms with E-state index >= 15 is 0 Å². The van der Waals surface area contributed by atoms with E-state index in [-0.39, 0.29) is 6.04 Å². The molecule has 2 aromatic rings. The first-order chi connectivity index (χ1) is 10.1. The maximum absolute atomic E-state index is 9.10. The fourth-order valence-corrected chi connectivity index (χ4v) is 2.53. The molecule has 0 heterocycles. The zero-order valence-corrected chi connectivity index (χ0v) is 13.6. The second kappa shape index (κ2) is 7.26. The lowest BCUT2D eigenvalue weighted by atomic mass is 10.1. The van der Waals surface area contributed by atoms with Crippen molar-refractivity contribution in [1.29, 1.82) is 5.26 Å². The Morgan fingerprint density at radius 3 is 2.76 bits per heavy atom. The number of hydrogen-bond acceptors (Lipinski definition) is 3. The molecule has 21 heavy (non-hydrogen) atoms. The van der Waals surface area contributed by atoms with Crippen LogP contribution in [-0.2, 0) is 6.54 Å². The molecule has 3 nitrogen and oxygen atoms in total. The van der Waals surface area contributed by atoms with Crippen molar-refractivity contribution < 1.29 is 4.74 Å². The van der Waals surface area contributed by atoms with Crippen molar-refractivity contribution >= 4 is 15.9 Å². The molecule has 0 bridgehead atoms. The van der Waals surface area contributed by atoms with Gasteiger partial charge in [0.15, 0.2) is 0 Å². The summed E-state index contributed by atoms with van der Waals surface area (Å²) in [6, 6.07) is 16.3. The van der Waals surface area contributed by atoms with Gasteiger partial charge in [-0.15, -0.1) is 0 Å². The predicted molar refractivity (Wildman–Crippen MR) is 87.1 cm³/mol.